The average Bonchev–Trinajstić information content (AvgIpc) is 3.29. The highest BCUT2D eigenvalue weighted by Crippen LogP contribution is 2.39. The van der Waals surface area contributed by atoms with Crippen LogP contribution in [0.1, 0.15) is 61.8 Å². The summed E-state index contributed by atoms with van der Waals surface area (Å²) in [6.07, 6.45) is 0.735. The van der Waals surface area contributed by atoms with Gasteiger partial charge in [0.05, 0.1) is 12.2 Å². The van der Waals surface area contributed by atoms with E-state index in [1.165, 1.54) is 0 Å². The Kier molecular flexibility index (Phi) is 7.64. The highest BCUT2D eigenvalue weighted by Gasteiger charge is 2.41. The molecule has 0 aliphatic carbocycles. The maximum Gasteiger partial charge on any atom is 0.432 e. The van der Waals surface area contributed by atoms with Crippen molar-refractivity contribution >= 4 is 0 Å². The number of hydrogen-bond donors (Lipinski definition) is 0. The molecular formula is C28H26F6O2. The van der Waals surface area contributed by atoms with Crippen LogP contribution in [-0.4, -0.2) is 6.10 Å². The minimum Gasteiger partial charge on any atom is -0.429 e. The van der Waals surface area contributed by atoms with Crippen LogP contribution in [0.4, 0.5) is 26.3 Å². The molecule has 0 N–H and O–H groups in total. The van der Waals surface area contributed by atoms with Gasteiger partial charge in [-0.25, -0.2) is 17.6 Å². The van der Waals surface area contributed by atoms with Crippen molar-refractivity contribution in [2.45, 2.75) is 64.3 Å². The minimum absolute atomic E-state index is 0.0518. The van der Waals surface area contributed by atoms with Gasteiger partial charge >= 0.3 is 6.11 Å². The van der Waals surface area contributed by atoms with Gasteiger partial charge in [-0.3, -0.25) is 0 Å². The molecule has 36 heavy (non-hydrogen) atoms. The van der Waals surface area contributed by atoms with Crippen LogP contribution in [-0.2, 0) is 10.8 Å². The first-order valence-corrected chi connectivity index (χ1v) is 11.9. The first kappa shape index (κ1) is 26.1. The van der Waals surface area contributed by atoms with Gasteiger partial charge < -0.3 is 9.47 Å². The quantitative estimate of drug-likeness (QED) is 0.283. The summed E-state index contributed by atoms with van der Waals surface area (Å²) in [5.74, 6) is -6.25. The van der Waals surface area contributed by atoms with Gasteiger partial charge in [0, 0.05) is 17.7 Å². The molecule has 0 spiro atoms. The molecule has 3 aromatic carbocycles. The average molecular weight is 509 g/mol. The van der Waals surface area contributed by atoms with E-state index >= 15 is 0 Å². The largest absolute Gasteiger partial charge is 0.432 e. The zero-order valence-corrected chi connectivity index (χ0v) is 19.9. The summed E-state index contributed by atoms with van der Waals surface area (Å²) in [4.78, 5) is 0. The Hall–Kier alpha value is -3.00. The number of rotatable bonds is 8. The van der Waals surface area contributed by atoms with Crippen molar-refractivity contribution in [1.82, 2.24) is 0 Å². The molecule has 2 atom stereocenters. The molecule has 192 valence electrons. The second kappa shape index (κ2) is 10.5. The Balaban J connectivity index is 1.53. The molecule has 8 heteroatoms. The summed E-state index contributed by atoms with van der Waals surface area (Å²) in [5.41, 5.74) is -0.629. The van der Waals surface area contributed by atoms with E-state index in [9.17, 15) is 26.3 Å². The maximum atomic E-state index is 14.7. The maximum absolute atomic E-state index is 14.7. The molecule has 3 aromatic rings. The van der Waals surface area contributed by atoms with Crippen LogP contribution < -0.4 is 4.74 Å². The molecule has 0 radical (unpaired) electrons. The van der Waals surface area contributed by atoms with Gasteiger partial charge in [-0.2, -0.15) is 8.78 Å². The van der Waals surface area contributed by atoms with E-state index in [1.54, 1.807) is 24.3 Å². The number of unbranched alkanes of at least 4 members (excludes halogenated alkanes) is 1. The van der Waals surface area contributed by atoms with Crippen molar-refractivity contribution in [3.63, 3.8) is 0 Å². The lowest BCUT2D eigenvalue weighted by molar-refractivity contribution is -0.189. The van der Waals surface area contributed by atoms with Gasteiger partial charge in [-0.15, -0.1) is 0 Å². The molecule has 0 saturated carbocycles. The summed E-state index contributed by atoms with van der Waals surface area (Å²) in [6.45, 7) is 3.24. The van der Waals surface area contributed by atoms with E-state index in [4.69, 9.17) is 4.74 Å². The molecule has 1 heterocycles. The third-order valence-corrected chi connectivity index (χ3v) is 6.44. The second-order valence-electron chi connectivity index (χ2n) is 9.03. The molecule has 0 amide bonds. The third-order valence-electron chi connectivity index (χ3n) is 6.44. The van der Waals surface area contributed by atoms with Crippen LogP contribution in [0.5, 0.6) is 5.75 Å². The predicted molar refractivity (Wildman–Crippen MR) is 124 cm³/mol. The fraction of sp³-hybridized carbons (Fsp3) is 0.357. The van der Waals surface area contributed by atoms with E-state index in [1.807, 2.05) is 0 Å². The SMILES string of the molecule is CCCCC1CCC(c2ccc(-c3cc(F)c(C(F)(F)Oc4cc(F)c(C)c(F)c4)c(F)c3)cc2)O1. The van der Waals surface area contributed by atoms with Gasteiger partial charge in [0.1, 0.15) is 34.6 Å². The van der Waals surface area contributed by atoms with Crippen LogP contribution >= 0.6 is 0 Å². The van der Waals surface area contributed by atoms with Crippen molar-refractivity contribution in [2.75, 3.05) is 0 Å². The standard InChI is InChI=1S/C28H26F6O2/c1-3-4-5-20-10-11-26(35-20)18-8-6-17(7-9-18)19-12-24(31)27(25(32)13-19)28(33,34)36-21-14-22(29)16(2)23(30)15-21/h6-9,12-15,20,26H,3-5,10-11H2,1-2H3. The molecule has 2 unspecified atom stereocenters. The lowest BCUT2D eigenvalue weighted by Crippen LogP contribution is -2.25. The van der Waals surface area contributed by atoms with Crippen LogP contribution in [0.25, 0.3) is 11.1 Å². The van der Waals surface area contributed by atoms with Gasteiger partial charge in [0.2, 0.25) is 0 Å². The first-order chi connectivity index (χ1) is 17.1. The number of halogens is 6. The van der Waals surface area contributed by atoms with Crippen molar-refractivity contribution in [1.29, 1.82) is 0 Å². The Labute approximate surface area is 205 Å². The Morgan fingerprint density at radius 1 is 0.861 bits per heavy atom. The van der Waals surface area contributed by atoms with Gasteiger partial charge in [0.15, 0.2) is 0 Å². The normalized spacial score (nSPS) is 18.0. The van der Waals surface area contributed by atoms with Crippen LogP contribution in [0.15, 0.2) is 48.5 Å². The summed E-state index contributed by atoms with van der Waals surface area (Å²) in [6, 6.07) is 9.49. The highest BCUT2D eigenvalue weighted by molar-refractivity contribution is 5.64. The summed E-state index contributed by atoms with van der Waals surface area (Å²) < 4.78 is 96.5. The zero-order chi connectivity index (χ0) is 26.0. The van der Waals surface area contributed by atoms with Crippen LogP contribution in [0.2, 0.25) is 0 Å². The fourth-order valence-corrected chi connectivity index (χ4v) is 4.38. The van der Waals surface area contributed by atoms with Crippen molar-refractivity contribution in [3.05, 3.63) is 88.5 Å². The van der Waals surface area contributed by atoms with Gasteiger partial charge in [-0.05, 0) is 55.0 Å². The lowest BCUT2D eigenvalue weighted by Gasteiger charge is -2.20. The Bertz CT molecular complexity index is 1180. The van der Waals surface area contributed by atoms with Gasteiger partial charge in [-0.1, -0.05) is 44.0 Å². The molecule has 4 rings (SSSR count). The van der Waals surface area contributed by atoms with Crippen molar-refractivity contribution in [2.24, 2.45) is 0 Å². The molecular weight excluding hydrogens is 482 g/mol. The van der Waals surface area contributed by atoms with E-state index in [2.05, 4.69) is 11.7 Å². The molecule has 1 saturated heterocycles. The number of ether oxygens (including phenoxy) is 2. The smallest absolute Gasteiger partial charge is 0.429 e. The third kappa shape index (κ3) is 5.53. The predicted octanol–water partition coefficient (Wildman–Crippen LogP) is 8.76. The second-order valence-corrected chi connectivity index (χ2v) is 9.03. The highest BCUT2D eigenvalue weighted by atomic mass is 19.3. The number of benzene rings is 3. The fourth-order valence-electron chi connectivity index (χ4n) is 4.38. The number of hydrogen-bond acceptors (Lipinski definition) is 2. The lowest BCUT2D eigenvalue weighted by atomic mass is 9.99. The van der Waals surface area contributed by atoms with Gasteiger partial charge in [0.25, 0.3) is 0 Å². The topological polar surface area (TPSA) is 18.5 Å². The Morgan fingerprint density at radius 3 is 2.06 bits per heavy atom. The zero-order valence-electron chi connectivity index (χ0n) is 19.9. The van der Waals surface area contributed by atoms with Crippen molar-refractivity contribution < 1.29 is 35.8 Å². The summed E-state index contributed by atoms with van der Waals surface area (Å²) in [7, 11) is 0. The molecule has 0 aromatic heterocycles. The van der Waals surface area contributed by atoms with Crippen molar-refractivity contribution in [3.8, 4) is 16.9 Å². The molecule has 1 aliphatic rings. The van der Waals surface area contributed by atoms with E-state index in [-0.39, 0.29) is 17.8 Å². The van der Waals surface area contributed by atoms with Crippen LogP contribution in [0.3, 0.4) is 0 Å². The van der Waals surface area contributed by atoms with Crippen LogP contribution in [0, 0.1) is 30.2 Å². The monoisotopic (exact) mass is 508 g/mol. The van der Waals surface area contributed by atoms with E-state index in [0.717, 1.165) is 56.7 Å². The number of alkyl halides is 2. The van der Waals surface area contributed by atoms with E-state index in [0.29, 0.717) is 17.7 Å². The summed E-state index contributed by atoms with van der Waals surface area (Å²) >= 11 is 0. The molecule has 0 bridgehead atoms. The first-order valence-electron chi connectivity index (χ1n) is 11.9. The Morgan fingerprint density at radius 2 is 1.47 bits per heavy atom. The molecule has 2 nitrogen and oxygen atoms in total. The molecule has 1 fully saturated rings. The minimum atomic E-state index is -4.52. The molecule has 1 aliphatic heterocycles. The summed E-state index contributed by atoms with van der Waals surface area (Å²) in [5, 5.41) is 0. The van der Waals surface area contributed by atoms with E-state index < -0.39 is 46.3 Å².